The fraction of sp³-hybridized carbons (Fsp3) is 0.286. The number of benzene rings is 2. The number of hydrogen-bond donors (Lipinski definition) is 2. The Bertz CT molecular complexity index is 883. The highest BCUT2D eigenvalue weighted by molar-refractivity contribution is 6.30. The molecule has 0 bridgehead atoms. The van der Waals surface area contributed by atoms with E-state index >= 15 is 0 Å². The smallest absolute Gasteiger partial charge is 0.253 e. The Morgan fingerprint density at radius 1 is 1.07 bits per heavy atom. The number of anilines is 1. The largest absolute Gasteiger partial charge is 0.355 e. The van der Waals surface area contributed by atoms with Crippen molar-refractivity contribution in [2.45, 2.75) is 12.8 Å². The van der Waals surface area contributed by atoms with Gasteiger partial charge in [0, 0.05) is 42.0 Å². The summed E-state index contributed by atoms with van der Waals surface area (Å²) in [5, 5.41) is 6.00. The molecule has 0 saturated carbocycles. The Morgan fingerprint density at radius 2 is 1.82 bits per heavy atom. The third-order valence-corrected chi connectivity index (χ3v) is 5.04. The summed E-state index contributed by atoms with van der Waals surface area (Å²) in [5.41, 5.74) is 1.60. The maximum atomic E-state index is 12.7. The molecule has 6 nitrogen and oxygen atoms in total. The summed E-state index contributed by atoms with van der Waals surface area (Å²) >= 11 is 5.88. The van der Waals surface area contributed by atoms with Gasteiger partial charge in [0.05, 0.1) is 5.92 Å². The summed E-state index contributed by atoms with van der Waals surface area (Å²) in [5.74, 6) is -0.763. The van der Waals surface area contributed by atoms with E-state index in [2.05, 4.69) is 10.6 Å². The average Bonchev–Trinajstić information content (AvgIpc) is 2.73. The van der Waals surface area contributed by atoms with Crippen molar-refractivity contribution in [2.24, 2.45) is 5.92 Å². The van der Waals surface area contributed by atoms with Gasteiger partial charge < -0.3 is 15.5 Å². The fourth-order valence-corrected chi connectivity index (χ4v) is 3.40. The van der Waals surface area contributed by atoms with Gasteiger partial charge in [-0.1, -0.05) is 17.7 Å². The van der Waals surface area contributed by atoms with Gasteiger partial charge in [0.1, 0.15) is 0 Å². The van der Waals surface area contributed by atoms with Gasteiger partial charge in [-0.25, -0.2) is 0 Å². The Morgan fingerprint density at radius 3 is 2.54 bits per heavy atom. The molecule has 0 spiro atoms. The van der Waals surface area contributed by atoms with E-state index in [1.165, 1.54) is 0 Å². The van der Waals surface area contributed by atoms with Gasteiger partial charge in [-0.3, -0.25) is 14.4 Å². The zero-order chi connectivity index (χ0) is 20.1. The van der Waals surface area contributed by atoms with Crippen molar-refractivity contribution < 1.29 is 14.4 Å². The Kier molecular flexibility index (Phi) is 6.31. The number of hydrogen-bond acceptors (Lipinski definition) is 3. The molecule has 3 rings (SSSR count). The van der Waals surface area contributed by atoms with E-state index < -0.39 is 0 Å². The van der Waals surface area contributed by atoms with Crippen LogP contribution >= 0.6 is 11.6 Å². The summed E-state index contributed by atoms with van der Waals surface area (Å²) in [4.78, 5) is 38.9. The molecule has 2 aromatic rings. The van der Waals surface area contributed by atoms with Crippen molar-refractivity contribution in [1.82, 2.24) is 10.2 Å². The first-order valence-electron chi connectivity index (χ1n) is 9.16. The van der Waals surface area contributed by atoms with E-state index in [9.17, 15) is 14.4 Å². The zero-order valence-electron chi connectivity index (χ0n) is 15.6. The number of likely N-dealkylation sites (tertiary alicyclic amines) is 1. The highest BCUT2D eigenvalue weighted by atomic mass is 35.5. The normalized spacial score (nSPS) is 16.4. The van der Waals surface area contributed by atoms with Crippen molar-refractivity contribution in [3.63, 3.8) is 0 Å². The molecule has 146 valence electrons. The third-order valence-electron chi connectivity index (χ3n) is 4.79. The molecule has 2 aromatic carbocycles. The number of carbonyl (C=O) groups is 3. The summed E-state index contributed by atoms with van der Waals surface area (Å²) in [6.07, 6.45) is 1.47. The molecule has 1 saturated heterocycles. The zero-order valence-corrected chi connectivity index (χ0v) is 16.3. The maximum absolute atomic E-state index is 12.7. The minimum atomic E-state index is -0.298. The minimum Gasteiger partial charge on any atom is -0.355 e. The van der Waals surface area contributed by atoms with Crippen LogP contribution in [0.4, 0.5) is 5.69 Å². The van der Waals surface area contributed by atoms with Crippen molar-refractivity contribution >= 4 is 35.0 Å². The molecule has 0 aliphatic carbocycles. The average molecular weight is 400 g/mol. The molecule has 7 heteroatoms. The molecule has 1 fully saturated rings. The first-order valence-corrected chi connectivity index (χ1v) is 9.53. The number of rotatable bonds is 4. The van der Waals surface area contributed by atoms with Gasteiger partial charge in [-0.05, 0) is 55.3 Å². The predicted octanol–water partition coefficient (Wildman–Crippen LogP) is 3.19. The van der Waals surface area contributed by atoms with E-state index in [-0.39, 0.29) is 23.6 Å². The first-order chi connectivity index (χ1) is 13.5. The quantitative estimate of drug-likeness (QED) is 0.828. The maximum Gasteiger partial charge on any atom is 0.253 e. The van der Waals surface area contributed by atoms with E-state index in [4.69, 9.17) is 11.6 Å². The Labute approximate surface area is 168 Å². The number of piperidine rings is 1. The number of amides is 3. The molecule has 0 radical (unpaired) electrons. The monoisotopic (exact) mass is 399 g/mol. The molecule has 1 aliphatic heterocycles. The Balaban J connectivity index is 1.65. The molecule has 3 amide bonds. The molecule has 1 unspecified atom stereocenters. The first kappa shape index (κ1) is 19.9. The van der Waals surface area contributed by atoms with Crippen LogP contribution < -0.4 is 10.6 Å². The molecular formula is C21H22ClN3O3. The molecule has 28 heavy (non-hydrogen) atoms. The lowest BCUT2D eigenvalue weighted by molar-refractivity contribution is -0.121. The van der Waals surface area contributed by atoms with E-state index in [1.54, 1.807) is 60.5 Å². The van der Waals surface area contributed by atoms with Crippen LogP contribution in [0.25, 0.3) is 0 Å². The van der Waals surface area contributed by atoms with Crippen LogP contribution in [0.15, 0.2) is 48.5 Å². The van der Waals surface area contributed by atoms with Crippen LogP contribution in [0.1, 0.15) is 33.6 Å². The van der Waals surface area contributed by atoms with Crippen molar-refractivity contribution in [2.75, 3.05) is 25.5 Å². The van der Waals surface area contributed by atoms with Crippen LogP contribution in [-0.2, 0) is 4.79 Å². The highest BCUT2D eigenvalue weighted by Gasteiger charge is 2.29. The van der Waals surface area contributed by atoms with Crippen LogP contribution in [0, 0.1) is 5.92 Å². The Hall–Kier alpha value is -2.86. The van der Waals surface area contributed by atoms with Crippen LogP contribution in [0.5, 0.6) is 0 Å². The van der Waals surface area contributed by atoms with Crippen LogP contribution in [0.3, 0.4) is 0 Å². The van der Waals surface area contributed by atoms with E-state index in [0.29, 0.717) is 41.3 Å². The molecule has 1 heterocycles. The summed E-state index contributed by atoms with van der Waals surface area (Å²) in [6, 6.07) is 13.5. The number of halogens is 1. The lowest BCUT2D eigenvalue weighted by Crippen LogP contribution is -2.43. The summed E-state index contributed by atoms with van der Waals surface area (Å²) in [7, 11) is 1.56. The minimum absolute atomic E-state index is 0.101. The van der Waals surface area contributed by atoms with Gasteiger partial charge in [0.2, 0.25) is 5.91 Å². The third kappa shape index (κ3) is 4.70. The standard InChI is InChI=1S/C21H22ClN3O3/c1-23-19(26)15-4-2-6-18(12-15)24-20(27)16-5-3-11-25(13-16)21(28)14-7-9-17(22)10-8-14/h2,4,6-10,12,16H,3,5,11,13H2,1H3,(H,23,26)(H,24,27). The second-order valence-electron chi connectivity index (χ2n) is 6.75. The highest BCUT2D eigenvalue weighted by Crippen LogP contribution is 2.21. The number of carbonyl (C=O) groups excluding carboxylic acids is 3. The number of nitrogens with one attached hydrogen (secondary N) is 2. The van der Waals surface area contributed by atoms with Gasteiger partial charge in [-0.2, -0.15) is 0 Å². The van der Waals surface area contributed by atoms with E-state index in [1.807, 2.05) is 0 Å². The summed E-state index contributed by atoms with van der Waals surface area (Å²) in [6.45, 7) is 0.986. The van der Waals surface area contributed by atoms with Crippen LogP contribution in [0.2, 0.25) is 5.02 Å². The fourth-order valence-electron chi connectivity index (χ4n) is 3.28. The molecular weight excluding hydrogens is 378 g/mol. The summed E-state index contributed by atoms with van der Waals surface area (Å²) < 4.78 is 0. The van der Waals surface area contributed by atoms with Gasteiger partial charge in [-0.15, -0.1) is 0 Å². The second kappa shape index (κ2) is 8.89. The van der Waals surface area contributed by atoms with Crippen molar-refractivity contribution in [3.8, 4) is 0 Å². The molecule has 1 aliphatic rings. The lowest BCUT2D eigenvalue weighted by atomic mass is 9.96. The van der Waals surface area contributed by atoms with Gasteiger partial charge in [0.15, 0.2) is 0 Å². The second-order valence-corrected chi connectivity index (χ2v) is 7.18. The van der Waals surface area contributed by atoms with Crippen molar-refractivity contribution in [3.05, 3.63) is 64.7 Å². The number of nitrogens with zero attached hydrogens (tertiary/aromatic N) is 1. The lowest BCUT2D eigenvalue weighted by Gasteiger charge is -2.32. The predicted molar refractivity (Wildman–Crippen MR) is 109 cm³/mol. The SMILES string of the molecule is CNC(=O)c1cccc(NC(=O)C2CCCN(C(=O)c3ccc(Cl)cc3)C2)c1. The molecule has 1 atom stereocenters. The van der Waals surface area contributed by atoms with Crippen molar-refractivity contribution in [1.29, 1.82) is 0 Å². The topological polar surface area (TPSA) is 78.5 Å². The molecule has 2 N–H and O–H groups in total. The van der Waals surface area contributed by atoms with E-state index in [0.717, 1.165) is 6.42 Å². The van der Waals surface area contributed by atoms with Gasteiger partial charge in [0.25, 0.3) is 11.8 Å². The molecule has 0 aromatic heterocycles. The van der Waals surface area contributed by atoms with Gasteiger partial charge >= 0.3 is 0 Å². The van der Waals surface area contributed by atoms with Crippen LogP contribution in [-0.4, -0.2) is 42.8 Å².